The van der Waals surface area contributed by atoms with Crippen LogP contribution in [0.15, 0.2) is 60.7 Å². The van der Waals surface area contributed by atoms with Crippen LogP contribution in [0.3, 0.4) is 0 Å². The summed E-state index contributed by atoms with van der Waals surface area (Å²) in [6.07, 6.45) is 3.32. The van der Waals surface area contributed by atoms with E-state index >= 15 is 0 Å². The summed E-state index contributed by atoms with van der Waals surface area (Å²) in [6.45, 7) is 1.86. The molecule has 0 bridgehead atoms. The molecule has 0 spiro atoms. The Labute approximate surface area is 148 Å². The zero-order chi connectivity index (χ0) is 17.7. The lowest BCUT2D eigenvalue weighted by atomic mass is 9.71. The molecule has 130 valence electrons. The van der Waals surface area contributed by atoms with Gasteiger partial charge in [0.15, 0.2) is 0 Å². The summed E-state index contributed by atoms with van der Waals surface area (Å²) in [6, 6.07) is 19.0. The fourth-order valence-corrected chi connectivity index (χ4v) is 3.32. The van der Waals surface area contributed by atoms with Crippen molar-refractivity contribution in [1.82, 2.24) is 10.6 Å². The van der Waals surface area contributed by atoms with Crippen molar-refractivity contribution in [3.63, 3.8) is 0 Å². The van der Waals surface area contributed by atoms with E-state index in [-0.39, 0.29) is 29.8 Å². The molecule has 1 aliphatic carbocycles. The molecule has 0 radical (unpaired) electrons. The summed E-state index contributed by atoms with van der Waals surface area (Å²) in [7, 11) is 0. The van der Waals surface area contributed by atoms with E-state index in [9.17, 15) is 9.59 Å². The molecule has 4 heteroatoms. The molecule has 1 saturated carbocycles. The maximum absolute atomic E-state index is 12.5. The third-order valence-corrected chi connectivity index (χ3v) is 4.82. The molecule has 3 rings (SSSR count). The molecular formula is C21H24N2O2. The van der Waals surface area contributed by atoms with Gasteiger partial charge in [-0.15, -0.1) is 0 Å². The van der Waals surface area contributed by atoms with Crippen LogP contribution in [-0.4, -0.2) is 17.9 Å². The molecule has 0 heterocycles. The maximum atomic E-state index is 12.5. The molecule has 1 aliphatic rings. The first kappa shape index (κ1) is 17.2. The van der Waals surface area contributed by atoms with Crippen LogP contribution in [0.1, 0.15) is 48.5 Å². The van der Waals surface area contributed by atoms with Gasteiger partial charge in [0.1, 0.15) is 0 Å². The van der Waals surface area contributed by atoms with Gasteiger partial charge in [0.05, 0.1) is 5.54 Å². The summed E-state index contributed by atoms with van der Waals surface area (Å²) < 4.78 is 0. The largest absolute Gasteiger partial charge is 0.349 e. The van der Waals surface area contributed by atoms with Gasteiger partial charge in [-0.05, 0) is 43.9 Å². The van der Waals surface area contributed by atoms with Crippen LogP contribution in [0.5, 0.6) is 0 Å². The van der Waals surface area contributed by atoms with E-state index in [4.69, 9.17) is 0 Å². The number of carbonyl (C=O) groups is 2. The summed E-state index contributed by atoms with van der Waals surface area (Å²) in [4.78, 5) is 24.7. The Bertz CT molecular complexity index is 724. The minimum atomic E-state index is -0.235. The van der Waals surface area contributed by atoms with E-state index in [0.717, 1.165) is 24.8 Å². The highest BCUT2D eigenvalue weighted by Crippen LogP contribution is 2.41. The molecule has 0 saturated heterocycles. The average Bonchev–Trinajstić information content (AvgIpc) is 2.59. The number of rotatable bonds is 6. The Morgan fingerprint density at radius 1 is 1.00 bits per heavy atom. The number of nitrogens with one attached hydrogen (secondary N) is 2. The van der Waals surface area contributed by atoms with Gasteiger partial charge in [0, 0.05) is 18.0 Å². The van der Waals surface area contributed by atoms with Crippen molar-refractivity contribution >= 4 is 11.8 Å². The van der Waals surface area contributed by atoms with Gasteiger partial charge in [0.2, 0.25) is 5.91 Å². The number of benzene rings is 2. The van der Waals surface area contributed by atoms with Crippen LogP contribution in [0, 0.1) is 0 Å². The summed E-state index contributed by atoms with van der Waals surface area (Å²) in [5.74, 6) is -0.174. The van der Waals surface area contributed by atoms with Crippen molar-refractivity contribution < 1.29 is 9.59 Å². The van der Waals surface area contributed by atoms with Gasteiger partial charge < -0.3 is 10.6 Å². The molecule has 25 heavy (non-hydrogen) atoms. The summed E-state index contributed by atoms with van der Waals surface area (Å²) >= 11 is 0. The zero-order valence-corrected chi connectivity index (χ0v) is 14.5. The van der Waals surface area contributed by atoms with Gasteiger partial charge in [-0.3, -0.25) is 9.59 Å². The quantitative estimate of drug-likeness (QED) is 0.849. The van der Waals surface area contributed by atoms with Gasteiger partial charge in [-0.1, -0.05) is 48.5 Å². The molecule has 1 unspecified atom stereocenters. The Kier molecular flexibility index (Phi) is 5.17. The number of hydrogen-bond donors (Lipinski definition) is 2. The molecule has 1 atom stereocenters. The van der Waals surface area contributed by atoms with Gasteiger partial charge in [0.25, 0.3) is 5.91 Å². The van der Waals surface area contributed by atoms with Crippen molar-refractivity contribution in [2.45, 2.75) is 44.2 Å². The Hall–Kier alpha value is -2.62. The SMILES string of the molecule is CC(CC(=O)NC1(c2ccccc2)CCC1)NC(=O)c1ccccc1. The van der Waals surface area contributed by atoms with Gasteiger partial charge >= 0.3 is 0 Å². The third-order valence-electron chi connectivity index (χ3n) is 4.82. The molecule has 4 nitrogen and oxygen atoms in total. The monoisotopic (exact) mass is 336 g/mol. The van der Waals surface area contributed by atoms with E-state index in [2.05, 4.69) is 22.8 Å². The van der Waals surface area contributed by atoms with Crippen molar-refractivity contribution in [2.24, 2.45) is 0 Å². The summed E-state index contributed by atoms with van der Waals surface area (Å²) in [5, 5.41) is 6.09. The van der Waals surface area contributed by atoms with E-state index in [1.54, 1.807) is 12.1 Å². The van der Waals surface area contributed by atoms with Crippen molar-refractivity contribution in [3.05, 3.63) is 71.8 Å². The predicted octanol–water partition coefficient (Wildman–Crippen LogP) is 3.39. The smallest absolute Gasteiger partial charge is 0.251 e. The van der Waals surface area contributed by atoms with Gasteiger partial charge in [-0.2, -0.15) is 0 Å². The maximum Gasteiger partial charge on any atom is 0.251 e. The second kappa shape index (κ2) is 7.51. The Balaban J connectivity index is 1.56. The van der Waals surface area contributed by atoms with E-state index in [1.807, 2.05) is 43.3 Å². The van der Waals surface area contributed by atoms with Crippen molar-refractivity contribution in [1.29, 1.82) is 0 Å². The lowest BCUT2D eigenvalue weighted by Gasteiger charge is -2.43. The number of hydrogen-bond acceptors (Lipinski definition) is 2. The fourth-order valence-electron chi connectivity index (χ4n) is 3.32. The van der Waals surface area contributed by atoms with Crippen LogP contribution < -0.4 is 10.6 Å². The lowest BCUT2D eigenvalue weighted by Crippen LogP contribution is -2.52. The first-order valence-electron chi connectivity index (χ1n) is 8.81. The highest BCUT2D eigenvalue weighted by molar-refractivity contribution is 5.94. The standard InChI is InChI=1S/C21H24N2O2/c1-16(22-20(25)17-9-4-2-5-10-17)15-19(24)23-21(13-8-14-21)18-11-6-3-7-12-18/h2-7,9-12,16H,8,13-15H2,1H3,(H,22,25)(H,23,24). The first-order valence-corrected chi connectivity index (χ1v) is 8.81. The van der Waals surface area contributed by atoms with Crippen LogP contribution in [0.2, 0.25) is 0 Å². The minimum absolute atomic E-state index is 0.0237. The highest BCUT2D eigenvalue weighted by Gasteiger charge is 2.39. The molecular weight excluding hydrogens is 312 g/mol. The second-order valence-corrected chi connectivity index (χ2v) is 6.79. The first-order chi connectivity index (χ1) is 12.1. The fraction of sp³-hybridized carbons (Fsp3) is 0.333. The van der Waals surface area contributed by atoms with Crippen LogP contribution in [0.25, 0.3) is 0 Å². The average molecular weight is 336 g/mol. The van der Waals surface area contributed by atoms with Gasteiger partial charge in [-0.25, -0.2) is 0 Å². The molecule has 2 amide bonds. The van der Waals surface area contributed by atoms with E-state index in [0.29, 0.717) is 5.56 Å². The zero-order valence-electron chi connectivity index (χ0n) is 14.5. The second-order valence-electron chi connectivity index (χ2n) is 6.79. The van der Waals surface area contributed by atoms with Crippen LogP contribution in [-0.2, 0) is 10.3 Å². The van der Waals surface area contributed by atoms with Crippen LogP contribution in [0.4, 0.5) is 0 Å². The predicted molar refractivity (Wildman–Crippen MR) is 98.1 cm³/mol. The van der Waals surface area contributed by atoms with Crippen molar-refractivity contribution in [2.75, 3.05) is 0 Å². The molecule has 2 aromatic rings. The van der Waals surface area contributed by atoms with E-state index < -0.39 is 0 Å². The number of carbonyl (C=O) groups excluding carboxylic acids is 2. The lowest BCUT2D eigenvalue weighted by molar-refractivity contribution is -0.124. The topological polar surface area (TPSA) is 58.2 Å². The van der Waals surface area contributed by atoms with Crippen molar-refractivity contribution in [3.8, 4) is 0 Å². The molecule has 2 N–H and O–H groups in total. The molecule has 2 aromatic carbocycles. The van der Waals surface area contributed by atoms with Crippen LogP contribution >= 0.6 is 0 Å². The summed E-state index contributed by atoms with van der Waals surface area (Å²) in [5.41, 5.74) is 1.53. The third kappa shape index (κ3) is 4.08. The normalized spacial score (nSPS) is 16.4. The highest BCUT2D eigenvalue weighted by atomic mass is 16.2. The Morgan fingerprint density at radius 2 is 1.60 bits per heavy atom. The molecule has 0 aliphatic heterocycles. The number of amides is 2. The Morgan fingerprint density at radius 3 is 2.16 bits per heavy atom. The molecule has 1 fully saturated rings. The van der Waals surface area contributed by atoms with E-state index in [1.165, 1.54) is 0 Å². The minimum Gasteiger partial charge on any atom is -0.349 e. The molecule has 0 aromatic heterocycles.